The third-order valence-corrected chi connectivity index (χ3v) is 3.88. The lowest BCUT2D eigenvalue weighted by Crippen LogP contribution is -2.11. The molecule has 0 aliphatic rings. The summed E-state index contributed by atoms with van der Waals surface area (Å²) in [7, 11) is 0. The molecule has 1 aromatic carbocycles. The topological polar surface area (TPSA) is 24.9 Å². The first-order valence-corrected chi connectivity index (χ1v) is 7.59. The van der Waals surface area contributed by atoms with Crippen molar-refractivity contribution in [3.63, 3.8) is 0 Å². The fraction of sp³-hybridized carbons (Fsp3) is 0.312. The molecule has 1 aromatic heterocycles. The van der Waals surface area contributed by atoms with Gasteiger partial charge < -0.3 is 5.32 Å². The number of benzene rings is 1. The second-order valence-corrected chi connectivity index (χ2v) is 5.64. The van der Waals surface area contributed by atoms with Crippen LogP contribution in [0.1, 0.15) is 23.6 Å². The predicted molar refractivity (Wildman–Crippen MR) is 82.4 cm³/mol. The number of aryl methyl sites for hydroxylation is 1. The molecule has 2 rings (SSSR count). The lowest BCUT2D eigenvalue weighted by atomic mass is 10.2. The Morgan fingerprint density at radius 2 is 2.05 bits per heavy atom. The van der Waals surface area contributed by atoms with E-state index in [1.807, 2.05) is 24.2 Å². The van der Waals surface area contributed by atoms with Crippen molar-refractivity contribution >= 4 is 11.8 Å². The number of rotatable bonds is 6. The number of aromatic nitrogens is 1. The zero-order valence-electron chi connectivity index (χ0n) is 11.5. The molecule has 0 atom stereocenters. The van der Waals surface area contributed by atoms with E-state index in [4.69, 9.17) is 0 Å². The van der Waals surface area contributed by atoms with Crippen LogP contribution in [0.25, 0.3) is 0 Å². The molecular weight excluding hydrogens is 252 g/mol. The molecule has 2 aromatic rings. The first-order valence-electron chi connectivity index (χ1n) is 6.61. The Kier molecular flexibility index (Phi) is 5.43. The number of nitrogens with one attached hydrogen (secondary N) is 1. The SMILES string of the molecule is CCNCc1cccc(SCc2cncc(C)c2)c1. The molecular formula is C16H20N2S. The van der Waals surface area contributed by atoms with Crippen LogP contribution in [0.2, 0.25) is 0 Å². The van der Waals surface area contributed by atoms with Crippen LogP contribution < -0.4 is 5.32 Å². The van der Waals surface area contributed by atoms with E-state index < -0.39 is 0 Å². The predicted octanol–water partition coefficient (Wildman–Crippen LogP) is 3.79. The molecule has 0 spiro atoms. The van der Waals surface area contributed by atoms with Crippen LogP contribution in [-0.2, 0) is 12.3 Å². The molecule has 0 saturated heterocycles. The maximum atomic E-state index is 4.23. The minimum atomic E-state index is 0.941. The fourth-order valence-electron chi connectivity index (χ4n) is 1.88. The number of nitrogens with zero attached hydrogens (tertiary/aromatic N) is 1. The van der Waals surface area contributed by atoms with E-state index in [9.17, 15) is 0 Å². The molecule has 0 saturated carbocycles. The molecule has 1 N–H and O–H groups in total. The van der Waals surface area contributed by atoms with Crippen molar-refractivity contribution in [2.24, 2.45) is 0 Å². The highest BCUT2D eigenvalue weighted by atomic mass is 32.2. The summed E-state index contributed by atoms with van der Waals surface area (Å²) in [5, 5.41) is 3.35. The van der Waals surface area contributed by atoms with Gasteiger partial charge >= 0.3 is 0 Å². The van der Waals surface area contributed by atoms with E-state index in [-0.39, 0.29) is 0 Å². The maximum Gasteiger partial charge on any atom is 0.0308 e. The third kappa shape index (κ3) is 4.69. The van der Waals surface area contributed by atoms with Gasteiger partial charge in [0, 0.05) is 29.6 Å². The number of hydrogen-bond acceptors (Lipinski definition) is 3. The lowest BCUT2D eigenvalue weighted by molar-refractivity contribution is 0.725. The zero-order valence-corrected chi connectivity index (χ0v) is 12.3. The highest BCUT2D eigenvalue weighted by molar-refractivity contribution is 7.98. The van der Waals surface area contributed by atoms with Gasteiger partial charge in [0.2, 0.25) is 0 Å². The molecule has 3 heteroatoms. The quantitative estimate of drug-likeness (QED) is 0.810. The van der Waals surface area contributed by atoms with Crippen LogP contribution in [0.5, 0.6) is 0 Å². The number of hydrogen-bond donors (Lipinski definition) is 1. The van der Waals surface area contributed by atoms with Crippen LogP contribution in [0.15, 0.2) is 47.6 Å². The summed E-state index contributed by atoms with van der Waals surface area (Å²) in [5.74, 6) is 0.972. The van der Waals surface area contributed by atoms with Crippen molar-refractivity contribution in [1.82, 2.24) is 10.3 Å². The summed E-state index contributed by atoms with van der Waals surface area (Å²) in [6, 6.07) is 10.9. The van der Waals surface area contributed by atoms with Gasteiger partial charge in [-0.3, -0.25) is 4.98 Å². The molecule has 100 valence electrons. The van der Waals surface area contributed by atoms with E-state index in [1.165, 1.54) is 21.6 Å². The lowest BCUT2D eigenvalue weighted by Gasteiger charge is -2.06. The Morgan fingerprint density at radius 3 is 2.84 bits per heavy atom. The number of thioether (sulfide) groups is 1. The molecule has 2 nitrogen and oxygen atoms in total. The molecule has 19 heavy (non-hydrogen) atoms. The Hall–Kier alpha value is -1.32. The summed E-state index contributed by atoms with van der Waals surface area (Å²) >= 11 is 1.86. The smallest absolute Gasteiger partial charge is 0.0308 e. The first kappa shape index (κ1) is 14.1. The minimum absolute atomic E-state index is 0.941. The van der Waals surface area contributed by atoms with Crippen LogP contribution in [0.3, 0.4) is 0 Å². The largest absolute Gasteiger partial charge is 0.313 e. The van der Waals surface area contributed by atoms with Gasteiger partial charge in [-0.1, -0.05) is 25.1 Å². The van der Waals surface area contributed by atoms with Crippen LogP contribution in [0.4, 0.5) is 0 Å². The summed E-state index contributed by atoms with van der Waals surface area (Å²) in [5.41, 5.74) is 3.84. The summed E-state index contributed by atoms with van der Waals surface area (Å²) < 4.78 is 0. The molecule has 0 bridgehead atoms. The van der Waals surface area contributed by atoms with Gasteiger partial charge in [0.15, 0.2) is 0 Å². The minimum Gasteiger partial charge on any atom is -0.313 e. The standard InChI is InChI=1S/C16H20N2S/c1-3-17-10-14-5-4-6-16(8-14)19-12-15-7-13(2)9-18-11-15/h4-9,11,17H,3,10,12H2,1-2H3. The maximum absolute atomic E-state index is 4.23. The Balaban J connectivity index is 1.95. The Bertz CT molecular complexity index is 526. The van der Waals surface area contributed by atoms with Crippen molar-refractivity contribution in [2.75, 3.05) is 6.54 Å². The Labute approximate surface area is 119 Å². The van der Waals surface area contributed by atoms with Crippen molar-refractivity contribution < 1.29 is 0 Å². The van der Waals surface area contributed by atoms with E-state index in [1.54, 1.807) is 0 Å². The highest BCUT2D eigenvalue weighted by Crippen LogP contribution is 2.23. The van der Waals surface area contributed by atoms with Gasteiger partial charge in [-0.05, 0) is 42.3 Å². The van der Waals surface area contributed by atoms with E-state index in [0.717, 1.165) is 18.8 Å². The van der Waals surface area contributed by atoms with Gasteiger partial charge in [-0.25, -0.2) is 0 Å². The third-order valence-electron chi connectivity index (χ3n) is 2.81. The highest BCUT2D eigenvalue weighted by Gasteiger charge is 1.99. The van der Waals surface area contributed by atoms with E-state index >= 15 is 0 Å². The summed E-state index contributed by atoms with van der Waals surface area (Å²) in [4.78, 5) is 5.55. The molecule has 1 heterocycles. The second kappa shape index (κ2) is 7.31. The van der Waals surface area contributed by atoms with Crippen molar-refractivity contribution in [3.05, 3.63) is 59.4 Å². The molecule has 0 unspecified atom stereocenters. The van der Waals surface area contributed by atoms with Gasteiger partial charge in [-0.15, -0.1) is 11.8 Å². The summed E-state index contributed by atoms with van der Waals surface area (Å²) in [6.45, 7) is 6.16. The fourth-order valence-corrected chi connectivity index (χ4v) is 2.78. The molecule has 0 aliphatic carbocycles. The van der Waals surface area contributed by atoms with Gasteiger partial charge in [0.1, 0.15) is 0 Å². The van der Waals surface area contributed by atoms with Crippen molar-refractivity contribution in [3.8, 4) is 0 Å². The second-order valence-electron chi connectivity index (χ2n) is 4.59. The van der Waals surface area contributed by atoms with E-state index in [0.29, 0.717) is 0 Å². The van der Waals surface area contributed by atoms with Crippen molar-refractivity contribution in [1.29, 1.82) is 0 Å². The molecule has 0 fully saturated rings. The molecule has 0 amide bonds. The van der Waals surface area contributed by atoms with E-state index in [2.05, 4.69) is 54.5 Å². The van der Waals surface area contributed by atoms with Crippen molar-refractivity contribution in [2.45, 2.75) is 31.0 Å². The van der Waals surface area contributed by atoms with Gasteiger partial charge in [-0.2, -0.15) is 0 Å². The van der Waals surface area contributed by atoms with Crippen LogP contribution in [0, 0.1) is 6.92 Å². The van der Waals surface area contributed by atoms with Crippen LogP contribution >= 0.6 is 11.8 Å². The average Bonchev–Trinajstić information content (AvgIpc) is 2.43. The van der Waals surface area contributed by atoms with Crippen LogP contribution in [-0.4, -0.2) is 11.5 Å². The molecule has 0 aliphatic heterocycles. The zero-order chi connectivity index (χ0) is 13.5. The average molecular weight is 272 g/mol. The molecule has 0 radical (unpaired) electrons. The first-order chi connectivity index (χ1) is 9.28. The van der Waals surface area contributed by atoms with Gasteiger partial charge in [0.05, 0.1) is 0 Å². The normalized spacial score (nSPS) is 10.6. The number of pyridine rings is 1. The van der Waals surface area contributed by atoms with Gasteiger partial charge in [0.25, 0.3) is 0 Å². The Morgan fingerprint density at radius 1 is 1.16 bits per heavy atom. The monoisotopic (exact) mass is 272 g/mol. The summed E-state index contributed by atoms with van der Waals surface area (Å²) in [6.07, 6.45) is 3.84.